The Morgan fingerprint density at radius 3 is 2.05 bits per heavy atom. The van der Waals surface area contributed by atoms with Crippen molar-refractivity contribution in [1.82, 2.24) is 0 Å². The zero-order valence-electron chi connectivity index (χ0n) is 12.1. The highest BCUT2D eigenvalue weighted by atomic mass is 15.0. The van der Waals surface area contributed by atoms with Gasteiger partial charge in [0.1, 0.15) is 5.54 Å². The first kappa shape index (κ1) is 13.7. The van der Waals surface area contributed by atoms with Crippen LogP contribution in [-0.4, -0.2) is 5.54 Å². The quantitative estimate of drug-likeness (QED) is 0.880. The third kappa shape index (κ3) is 3.08. The van der Waals surface area contributed by atoms with Crippen LogP contribution in [0.4, 0.5) is 5.69 Å². The molecule has 0 bridgehead atoms. The van der Waals surface area contributed by atoms with Crippen LogP contribution in [-0.2, 0) is 0 Å². The van der Waals surface area contributed by atoms with E-state index in [2.05, 4.69) is 41.7 Å². The van der Waals surface area contributed by atoms with E-state index in [0.29, 0.717) is 5.92 Å². The molecule has 1 aliphatic rings. The van der Waals surface area contributed by atoms with Crippen LogP contribution in [0, 0.1) is 11.3 Å². The van der Waals surface area contributed by atoms with Gasteiger partial charge in [0.25, 0.3) is 0 Å². The molecule has 2 nitrogen and oxygen atoms in total. The third-order valence-corrected chi connectivity index (χ3v) is 4.48. The van der Waals surface area contributed by atoms with Crippen LogP contribution in [0.3, 0.4) is 0 Å². The van der Waals surface area contributed by atoms with Crippen LogP contribution in [0.15, 0.2) is 60.7 Å². The number of anilines is 1. The molecule has 0 aromatic heterocycles. The summed E-state index contributed by atoms with van der Waals surface area (Å²) in [7, 11) is 0. The lowest BCUT2D eigenvalue weighted by atomic mass is 9.74. The highest BCUT2D eigenvalue weighted by Gasteiger charge is 2.35. The third-order valence-electron chi connectivity index (χ3n) is 4.48. The van der Waals surface area contributed by atoms with Gasteiger partial charge >= 0.3 is 0 Å². The fourth-order valence-corrected chi connectivity index (χ4v) is 3.23. The molecule has 0 atom stereocenters. The lowest BCUT2D eigenvalue weighted by molar-refractivity contribution is 0.355. The molecule has 1 fully saturated rings. The van der Waals surface area contributed by atoms with Crippen LogP contribution >= 0.6 is 0 Å². The first-order valence-electron chi connectivity index (χ1n) is 7.61. The molecule has 0 saturated heterocycles. The van der Waals surface area contributed by atoms with E-state index in [1.54, 1.807) is 0 Å². The standard InChI is InChI=1S/C19H20N2/c20-15-19(21-18-9-5-2-6-10-18)13-11-17(12-14-19)16-7-3-1-4-8-16/h1-10,17,21H,11-14H2. The van der Waals surface area contributed by atoms with E-state index in [9.17, 15) is 5.26 Å². The fraction of sp³-hybridized carbons (Fsp3) is 0.316. The summed E-state index contributed by atoms with van der Waals surface area (Å²) in [5, 5.41) is 13.1. The Morgan fingerprint density at radius 1 is 0.905 bits per heavy atom. The van der Waals surface area contributed by atoms with Crippen LogP contribution in [0.5, 0.6) is 0 Å². The number of nitriles is 1. The number of para-hydroxylation sites is 1. The number of nitrogens with zero attached hydrogens (tertiary/aromatic N) is 1. The van der Waals surface area contributed by atoms with E-state index in [1.165, 1.54) is 5.56 Å². The van der Waals surface area contributed by atoms with E-state index < -0.39 is 5.54 Å². The molecule has 106 valence electrons. The Hall–Kier alpha value is -2.27. The SMILES string of the molecule is N#CC1(Nc2ccccc2)CCC(c2ccccc2)CC1. The summed E-state index contributed by atoms with van der Waals surface area (Å²) < 4.78 is 0. The topological polar surface area (TPSA) is 35.8 Å². The monoisotopic (exact) mass is 276 g/mol. The number of nitrogens with one attached hydrogen (secondary N) is 1. The predicted octanol–water partition coefficient (Wildman–Crippen LogP) is 4.72. The van der Waals surface area contributed by atoms with Crippen molar-refractivity contribution in [3.8, 4) is 6.07 Å². The zero-order valence-corrected chi connectivity index (χ0v) is 12.1. The molecule has 0 radical (unpaired) electrons. The molecular formula is C19H20N2. The Morgan fingerprint density at radius 2 is 1.48 bits per heavy atom. The Kier molecular flexibility index (Phi) is 3.92. The van der Waals surface area contributed by atoms with Crippen LogP contribution in [0.2, 0.25) is 0 Å². The normalized spacial score (nSPS) is 25.0. The molecule has 1 N–H and O–H groups in total. The first-order valence-corrected chi connectivity index (χ1v) is 7.61. The van der Waals surface area contributed by atoms with E-state index in [0.717, 1.165) is 31.4 Å². The maximum absolute atomic E-state index is 9.65. The average Bonchev–Trinajstić information content (AvgIpc) is 2.57. The van der Waals surface area contributed by atoms with Gasteiger partial charge < -0.3 is 5.32 Å². The van der Waals surface area contributed by atoms with Crippen LogP contribution in [0.1, 0.15) is 37.2 Å². The van der Waals surface area contributed by atoms with Crippen molar-refractivity contribution < 1.29 is 0 Å². The maximum atomic E-state index is 9.65. The molecule has 1 aliphatic carbocycles. The summed E-state index contributed by atoms with van der Waals surface area (Å²) >= 11 is 0. The second-order valence-electron chi connectivity index (χ2n) is 5.87. The van der Waals surface area contributed by atoms with Gasteiger partial charge in [0.05, 0.1) is 6.07 Å². The van der Waals surface area contributed by atoms with Crippen molar-refractivity contribution in [2.24, 2.45) is 0 Å². The Bertz CT molecular complexity index is 605. The number of benzene rings is 2. The molecular weight excluding hydrogens is 256 g/mol. The minimum Gasteiger partial charge on any atom is -0.367 e. The van der Waals surface area contributed by atoms with Gasteiger partial charge in [0.2, 0.25) is 0 Å². The van der Waals surface area contributed by atoms with Gasteiger partial charge in [-0.2, -0.15) is 5.26 Å². The number of hydrogen-bond acceptors (Lipinski definition) is 2. The average molecular weight is 276 g/mol. The summed E-state index contributed by atoms with van der Waals surface area (Å²) in [6, 6.07) is 23.3. The first-order chi connectivity index (χ1) is 10.3. The van der Waals surface area contributed by atoms with Crippen LogP contribution < -0.4 is 5.32 Å². The zero-order chi connectivity index (χ0) is 14.5. The van der Waals surface area contributed by atoms with Crippen molar-refractivity contribution in [2.75, 3.05) is 5.32 Å². The summed E-state index contributed by atoms with van der Waals surface area (Å²) in [4.78, 5) is 0. The van der Waals surface area contributed by atoms with Crippen molar-refractivity contribution in [3.05, 3.63) is 66.2 Å². The van der Waals surface area contributed by atoms with Gasteiger partial charge in [-0.15, -0.1) is 0 Å². The number of rotatable bonds is 3. The minimum atomic E-state index is -0.410. The van der Waals surface area contributed by atoms with Crippen molar-refractivity contribution in [3.63, 3.8) is 0 Å². The van der Waals surface area contributed by atoms with Gasteiger partial charge in [-0.05, 0) is 49.3 Å². The highest BCUT2D eigenvalue weighted by molar-refractivity contribution is 5.47. The van der Waals surface area contributed by atoms with E-state index in [4.69, 9.17) is 0 Å². The minimum absolute atomic E-state index is 0.410. The van der Waals surface area contributed by atoms with Crippen molar-refractivity contribution in [1.29, 1.82) is 5.26 Å². The molecule has 1 saturated carbocycles. The van der Waals surface area contributed by atoms with Gasteiger partial charge in [-0.25, -0.2) is 0 Å². The van der Waals surface area contributed by atoms with Gasteiger partial charge in [-0.1, -0.05) is 48.5 Å². The van der Waals surface area contributed by atoms with Crippen LogP contribution in [0.25, 0.3) is 0 Å². The number of hydrogen-bond donors (Lipinski definition) is 1. The summed E-state index contributed by atoms with van der Waals surface area (Å²) in [6.45, 7) is 0. The molecule has 2 heteroatoms. The maximum Gasteiger partial charge on any atom is 0.125 e. The molecule has 2 aromatic carbocycles. The molecule has 0 unspecified atom stereocenters. The summed E-state index contributed by atoms with van der Waals surface area (Å²) in [6.07, 6.45) is 3.94. The Labute approximate surface area is 126 Å². The van der Waals surface area contributed by atoms with E-state index in [-0.39, 0.29) is 0 Å². The second-order valence-corrected chi connectivity index (χ2v) is 5.87. The highest BCUT2D eigenvalue weighted by Crippen LogP contribution is 2.39. The van der Waals surface area contributed by atoms with Crippen molar-refractivity contribution >= 4 is 5.69 Å². The lowest BCUT2D eigenvalue weighted by Crippen LogP contribution is -2.40. The molecule has 0 amide bonds. The fourth-order valence-electron chi connectivity index (χ4n) is 3.23. The van der Waals surface area contributed by atoms with Crippen molar-refractivity contribution in [2.45, 2.75) is 37.1 Å². The van der Waals surface area contributed by atoms with Gasteiger partial charge in [0, 0.05) is 5.69 Å². The Balaban J connectivity index is 1.69. The molecule has 21 heavy (non-hydrogen) atoms. The molecule has 0 aliphatic heterocycles. The van der Waals surface area contributed by atoms with Gasteiger partial charge in [-0.3, -0.25) is 0 Å². The van der Waals surface area contributed by atoms with E-state index in [1.807, 2.05) is 30.3 Å². The molecule has 3 rings (SSSR count). The second kappa shape index (κ2) is 6.01. The van der Waals surface area contributed by atoms with E-state index >= 15 is 0 Å². The predicted molar refractivity (Wildman–Crippen MR) is 86.1 cm³/mol. The summed E-state index contributed by atoms with van der Waals surface area (Å²) in [5.74, 6) is 0.588. The molecule has 2 aromatic rings. The van der Waals surface area contributed by atoms with Gasteiger partial charge in [0.15, 0.2) is 0 Å². The largest absolute Gasteiger partial charge is 0.367 e. The molecule has 0 spiro atoms. The summed E-state index contributed by atoms with van der Waals surface area (Å²) in [5.41, 5.74) is 2.04. The lowest BCUT2D eigenvalue weighted by Gasteiger charge is -2.36. The molecule has 0 heterocycles. The smallest absolute Gasteiger partial charge is 0.125 e.